The molecule has 0 spiro atoms. The molecule has 0 saturated heterocycles. The van der Waals surface area contributed by atoms with E-state index in [2.05, 4.69) is 36.6 Å². The molecule has 9 nitrogen and oxygen atoms in total. The highest BCUT2D eigenvalue weighted by molar-refractivity contribution is 9.10. The fraction of sp³-hybridized carbons (Fsp3) is 0.0500. The Bertz CT molecular complexity index is 1280. The van der Waals surface area contributed by atoms with Crippen molar-refractivity contribution >= 4 is 44.6 Å². The number of nitrogens with zero attached hydrogens (tertiary/aromatic N) is 4. The lowest BCUT2D eigenvalue weighted by Gasteiger charge is -2.08. The monoisotopic (exact) mass is 466 g/mol. The second-order valence-corrected chi connectivity index (χ2v) is 7.23. The Morgan fingerprint density at radius 1 is 1.03 bits per heavy atom. The van der Waals surface area contributed by atoms with Crippen LogP contribution < -0.4 is 16.2 Å². The van der Waals surface area contributed by atoms with Gasteiger partial charge in [0.2, 0.25) is 5.91 Å². The molecular weight excluding hydrogens is 452 g/mol. The summed E-state index contributed by atoms with van der Waals surface area (Å²) < 4.78 is 3.54. The summed E-state index contributed by atoms with van der Waals surface area (Å²) in [6, 6.07) is 15.5. The zero-order valence-electron chi connectivity index (χ0n) is 15.4. The van der Waals surface area contributed by atoms with Gasteiger partial charge in [-0.3, -0.25) is 19.5 Å². The fourth-order valence-electron chi connectivity index (χ4n) is 2.84. The summed E-state index contributed by atoms with van der Waals surface area (Å²) in [5, 5.41) is 9.22. The van der Waals surface area contributed by atoms with Crippen LogP contribution in [-0.2, 0) is 11.3 Å². The minimum absolute atomic E-state index is 0.272. The van der Waals surface area contributed by atoms with E-state index in [1.54, 1.807) is 28.9 Å². The SMILES string of the molecule is O=C(Cn1cnc2c(cnn2-c2ccccc2)c1=O)NC(=O)Nc1ccc(Br)cc1. The van der Waals surface area contributed by atoms with Gasteiger partial charge in [0.05, 0.1) is 11.9 Å². The maximum Gasteiger partial charge on any atom is 0.325 e. The van der Waals surface area contributed by atoms with Crippen LogP contribution in [0.2, 0.25) is 0 Å². The maximum absolute atomic E-state index is 12.7. The van der Waals surface area contributed by atoms with Gasteiger partial charge in [0.1, 0.15) is 18.3 Å². The van der Waals surface area contributed by atoms with Gasteiger partial charge in [0.15, 0.2) is 5.65 Å². The summed E-state index contributed by atoms with van der Waals surface area (Å²) in [5.74, 6) is -0.650. The average molecular weight is 467 g/mol. The number of halogens is 1. The molecule has 10 heteroatoms. The van der Waals surface area contributed by atoms with Crippen LogP contribution in [-0.4, -0.2) is 31.3 Å². The molecule has 2 aromatic heterocycles. The van der Waals surface area contributed by atoms with Crippen LogP contribution in [0.5, 0.6) is 0 Å². The number of fused-ring (bicyclic) bond motifs is 1. The van der Waals surface area contributed by atoms with Crippen molar-refractivity contribution in [3.8, 4) is 5.69 Å². The molecular formula is C20H15BrN6O3. The van der Waals surface area contributed by atoms with Crippen molar-refractivity contribution in [2.45, 2.75) is 6.54 Å². The summed E-state index contributed by atoms with van der Waals surface area (Å²) >= 11 is 3.30. The largest absolute Gasteiger partial charge is 0.325 e. The Morgan fingerprint density at radius 3 is 2.50 bits per heavy atom. The van der Waals surface area contributed by atoms with E-state index < -0.39 is 17.5 Å². The van der Waals surface area contributed by atoms with Crippen LogP contribution in [0.4, 0.5) is 10.5 Å². The number of para-hydroxylation sites is 1. The van der Waals surface area contributed by atoms with Crippen molar-refractivity contribution in [3.63, 3.8) is 0 Å². The van der Waals surface area contributed by atoms with Crippen molar-refractivity contribution in [2.75, 3.05) is 5.32 Å². The number of imide groups is 1. The molecule has 2 N–H and O–H groups in total. The van der Waals surface area contributed by atoms with Gasteiger partial charge in [0, 0.05) is 10.2 Å². The number of carbonyl (C=O) groups excluding carboxylic acids is 2. The summed E-state index contributed by atoms with van der Waals surface area (Å²) in [7, 11) is 0. The first-order valence-electron chi connectivity index (χ1n) is 8.86. The Labute approximate surface area is 178 Å². The molecule has 0 fully saturated rings. The van der Waals surface area contributed by atoms with Crippen LogP contribution in [0.3, 0.4) is 0 Å². The summed E-state index contributed by atoms with van der Waals surface area (Å²) in [6.45, 7) is -0.355. The third-order valence-corrected chi connectivity index (χ3v) is 4.75. The quantitative estimate of drug-likeness (QED) is 0.480. The third kappa shape index (κ3) is 4.13. The van der Waals surface area contributed by atoms with E-state index in [4.69, 9.17) is 0 Å². The van der Waals surface area contributed by atoms with E-state index in [9.17, 15) is 14.4 Å². The molecule has 0 aliphatic carbocycles. The highest BCUT2D eigenvalue weighted by Gasteiger charge is 2.14. The number of carbonyl (C=O) groups is 2. The Hall–Kier alpha value is -3.79. The molecule has 0 unspecified atom stereocenters. The van der Waals surface area contributed by atoms with Gasteiger partial charge in [0.25, 0.3) is 5.56 Å². The number of anilines is 1. The van der Waals surface area contributed by atoms with Crippen molar-refractivity contribution in [3.05, 3.63) is 81.9 Å². The van der Waals surface area contributed by atoms with Gasteiger partial charge in [-0.2, -0.15) is 5.10 Å². The van der Waals surface area contributed by atoms with E-state index in [-0.39, 0.29) is 11.9 Å². The molecule has 0 aliphatic rings. The van der Waals surface area contributed by atoms with Gasteiger partial charge >= 0.3 is 6.03 Å². The standard InChI is InChI=1S/C20H15BrN6O3/c21-13-6-8-14(9-7-13)24-20(30)25-17(28)11-26-12-22-18-16(19(26)29)10-23-27(18)15-4-2-1-3-5-15/h1-10,12H,11H2,(H2,24,25,28,30). The average Bonchev–Trinajstić information content (AvgIpc) is 3.17. The molecule has 2 heterocycles. The lowest BCUT2D eigenvalue weighted by molar-refractivity contribution is -0.120. The number of hydrogen-bond donors (Lipinski definition) is 2. The van der Waals surface area contributed by atoms with Crippen molar-refractivity contribution < 1.29 is 9.59 Å². The first-order valence-corrected chi connectivity index (χ1v) is 9.65. The number of aromatic nitrogens is 4. The molecule has 150 valence electrons. The summed E-state index contributed by atoms with van der Waals surface area (Å²) in [6.07, 6.45) is 2.67. The van der Waals surface area contributed by atoms with Crippen molar-refractivity contribution in [1.82, 2.24) is 24.6 Å². The molecule has 0 atom stereocenters. The Balaban J connectivity index is 1.48. The zero-order valence-corrected chi connectivity index (χ0v) is 17.0. The lowest BCUT2D eigenvalue weighted by atomic mass is 10.3. The predicted molar refractivity (Wildman–Crippen MR) is 114 cm³/mol. The molecule has 3 amide bonds. The molecule has 4 aromatic rings. The molecule has 30 heavy (non-hydrogen) atoms. The maximum atomic E-state index is 12.7. The normalized spacial score (nSPS) is 10.7. The van der Waals surface area contributed by atoms with E-state index in [0.29, 0.717) is 11.3 Å². The second-order valence-electron chi connectivity index (χ2n) is 6.32. The van der Waals surface area contributed by atoms with Crippen molar-refractivity contribution in [1.29, 1.82) is 0 Å². The van der Waals surface area contributed by atoms with E-state index in [0.717, 1.165) is 14.7 Å². The van der Waals surface area contributed by atoms with Crippen LogP contribution in [0.15, 0.2) is 76.4 Å². The van der Waals surface area contributed by atoms with Gasteiger partial charge in [-0.15, -0.1) is 0 Å². The van der Waals surface area contributed by atoms with Crippen LogP contribution in [0, 0.1) is 0 Å². The minimum Gasteiger partial charge on any atom is -0.308 e. The molecule has 4 rings (SSSR count). The fourth-order valence-corrected chi connectivity index (χ4v) is 3.10. The van der Waals surface area contributed by atoms with Crippen LogP contribution >= 0.6 is 15.9 Å². The third-order valence-electron chi connectivity index (χ3n) is 4.22. The predicted octanol–water partition coefficient (Wildman–Crippen LogP) is 2.69. The first-order chi connectivity index (χ1) is 14.5. The summed E-state index contributed by atoms with van der Waals surface area (Å²) in [5.41, 5.74) is 1.25. The Kier molecular flexibility index (Phi) is 5.40. The molecule has 0 bridgehead atoms. The number of nitrogens with one attached hydrogen (secondary N) is 2. The van der Waals surface area contributed by atoms with Crippen LogP contribution in [0.1, 0.15) is 0 Å². The van der Waals surface area contributed by atoms with Crippen molar-refractivity contribution in [2.24, 2.45) is 0 Å². The second kappa shape index (κ2) is 8.29. The molecule has 2 aromatic carbocycles. The van der Waals surface area contributed by atoms with Gasteiger partial charge in [-0.1, -0.05) is 34.1 Å². The van der Waals surface area contributed by atoms with Gasteiger partial charge in [-0.05, 0) is 36.4 Å². The smallest absolute Gasteiger partial charge is 0.308 e. The molecule has 0 radical (unpaired) electrons. The zero-order chi connectivity index (χ0) is 21.1. The number of rotatable bonds is 4. The van der Waals surface area contributed by atoms with Gasteiger partial charge in [-0.25, -0.2) is 14.5 Å². The highest BCUT2D eigenvalue weighted by Crippen LogP contribution is 2.14. The molecule has 0 saturated carbocycles. The highest BCUT2D eigenvalue weighted by atomic mass is 79.9. The topological polar surface area (TPSA) is 111 Å². The minimum atomic E-state index is -0.693. The number of urea groups is 1. The van der Waals surface area contributed by atoms with Gasteiger partial charge < -0.3 is 5.32 Å². The first kappa shape index (κ1) is 19.5. The summed E-state index contributed by atoms with van der Waals surface area (Å²) in [4.78, 5) is 41.1. The number of benzene rings is 2. The van der Waals surface area contributed by atoms with E-state index in [1.807, 2.05) is 30.3 Å². The van der Waals surface area contributed by atoms with Crippen LogP contribution in [0.25, 0.3) is 16.7 Å². The lowest BCUT2D eigenvalue weighted by Crippen LogP contribution is -2.38. The Morgan fingerprint density at radius 2 is 1.77 bits per heavy atom. The number of hydrogen-bond acceptors (Lipinski definition) is 5. The molecule has 0 aliphatic heterocycles. The van der Waals surface area contributed by atoms with E-state index >= 15 is 0 Å². The van der Waals surface area contributed by atoms with E-state index in [1.165, 1.54) is 12.5 Å². The number of amides is 3.